The van der Waals surface area contributed by atoms with Gasteiger partial charge in [0, 0.05) is 12.5 Å². The molecule has 0 saturated heterocycles. The number of unbranched alkanes of at least 4 members (excludes halogenated alkanes) is 14. The third kappa shape index (κ3) is 26.0. The maximum Gasteiger partial charge on any atom is 0.469 e. The molecule has 0 heterocycles. The zero-order chi connectivity index (χ0) is 25.0. The molecule has 0 aromatic rings. The second-order valence-electron chi connectivity index (χ2n) is 10.1. The lowest BCUT2D eigenvalue weighted by molar-refractivity contribution is -0.122. The van der Waals surface area contributed by atoms with Crippen LogP contribution in [-0.2, 0) is 13.9 Å². The van der Waals surface area contributed by atoms with Gasteiger partial charge in [-0.05, 0) is 33.1 Å². The Balaban J connectivity index is 3.73. The Hall–Kier alpha value is -0.460. The molecule has 0 aromatic carbocycles. The predicted octanol–water partition coefficient (Wildman–Crippen LogP) is 6.39. The Morgan fingerprint density at radius 3 is 1.67 bits per heavy atom. The zero-order valence-corrected chi connectivity index (χ0v) is 22.4. The Morgan fingerprint density at radius 2 is 1.27 bits per heavy atom. The first-order chi connectivity index (χ1) is 15.5. The van der Waals surface area contributed by atoms with Crippen molar-refractivity contribution in [3.63, 3.8) is 0 Å². The van der Waals surface area contributed by atoms with E-state index in [2.05, 4.69) is 16.8 Å². The number of phosphoric acid groups is 1. The minimum absolute atomic E-state index is 0.0878. The number of phosphoric ester groups is 1. The van der Waals surface area contributed by atoms with Gasteiger partial charge < -0.3 is 20.2 Å². The van der Waals surface area contributed by atoms with Gasteiger partial charge in [-0.3, -0.25) is 9.32 Å². The predicted molar refractivity (Wildman–Crippen MR) is 135 cm³/mol. The molecular weight excluding hydrogens is 441 g/mol. The van der Waals surface area contributed by atoms with E-state index >= 15 is 0 Å². The van der Waals surface area contributed by atoms with Crippen LogP contribution in [0.15, 0.2) is 0 Å². The molecule has 0 aliphatic heterocycles. The lowest BCUT2D eigenvalue weighted by Crippen LogP contribution is -2.40. The molecule has 1 atom stereocenters. The molecule has 0 aliphatic carbocycles. The lowest BCUT2D eigenvalue weighted by Gasteiger charge is -2.26. The minimum Gasteiger partial charge on any atom is -0.390 e. The number of amides is 1. The van der Waals surface area contributed by atoms with Crippen LogP contribution in [0.2, 0.25) is 0 Å². The van der Waals surface area contributed by atoms with Crippen molar-refractivity contribution in [1.29, 1.82) is 0 Å². The van der Waals surface area contributed by atoms with Crippen LogP contribution >= 0.6 is 7.82 Å². The molecule has 0 spiro atoms. The third-order valence-corrected chi connectivity index (χ3v) is 6.36. The first-order valence-electron chi connectivity index (χ1n) is 13.3. The van der Waals surface area contributed by atoms with Gasteiger partial charge in [0.2, 0.25) is 5.91 Å². The number of rotatable bonds is 23. The second-order valence-corrected chi connectivity index (χ2v) is 11.3. The third-order valence-electron chi connectivity index (χ3n) is 5.84. The average Bonchev–Trinajstić information content (AvgIpc) is 2.68. The van der Waals surface area contributed by atoms with Crippen molar-refractivity contribution in [3.8, 4) is 0 Å². The summed E-state index contributed by atoms with van der Waals surface area (Å²) in [5.41, 5.74) is -0.991. The molecule has 7 nitrogen and oxygen atoms in total. The van der Waals surface area contributed by atoms with E-state index < -0.39 is 13.4 Å². The monoisotopic (exact) mass is 493 g/mol. The summed E-state index contributed by atoms with van der Waals surface area (Å²) < 4.78 is 15.3. The molecular formula is C25H52NO6P. The van der Waals surface area contributed by atoms with Crippen LogP contribution in [-0.4, -0.2) is 39.1 Å². The van der Waals surface area contributed by atoms with Crippen LogP contribution in [0.1, 0.15) is 136 Å². The smallest absolute Gasteiger partial charge is 0.390 e. The van der Waals surface area contributed by atoms with Gasteiger partial charge in [-0.1, -0.05) is 96.8 Å². The molecule has 0 rings (SSSR count). The molecule has 0 bridgehead atoms. The van der Waals surface area contributed by atoms with Gasteiger partial charge in [0.05, 0.1) is 12.2 Å². The topological polar surface area (TPSA) is 116 Å². The highest BCUT2D eigenvalue weighted by Crippen LogP contribution is 2.35. The van der Waals surface area contributed by atoms with Crippen LogP contribution in [0.5, 0.6) is 0 Å². The highest BCUT2D eigenvalue weighted by molar-refractivity contribution is 7.46. The first kappa shape index (κ1) is 32.5. The van der Waals surface area contributed by atoms with Crippen molar-refractivity contribution in [3.05, 3.63) is 0 Å². The van der Waals surface area contributed by atoms with Gasteiger partial charge in [0.1, 0.15) is 0 Å². The molecule has 0 radical (unpaired) electrons. The summed E-state index contributed by atoms with van der Waals surface area (Å²) in [6.45, 7) is 5.37. The van der Waals surface area contributed by atoms with E-state index in [1.807, 2.05) is 0 Å². The highest BCUT2D eigenvalue weighted by Gasteiger charge is 2.23. The van der Waals surface area contributed by atoms with Crippen LogP contribution < -0.4 is 5.32 Å². The van der Waals surface area contributed by atoms with E-state index in [0.29, 0.717) is 12.8 Å². The molecule has 0 fully saturated rings. The molecule has 198 valence electrons. The van der Waals surface area contributed by atoms with Crippen LogP contribution in [0.4, 0.5) is 0 Å². The first-order valence-corrected chi connectivity index (χ1v) is 14.8. The lowest BCUT2D eigenvalue weighted by atomic mass is 9.97. The summed E-state index contributed by atoms with van der Waals surface area (Å²) in [6.07, 6.45) is 20.1. The maximum absolute atomic E-state index is 12.2. The van der Waals surface area contributed by atoms with E-state index in [1.165, 1.54) is 77.0 Å². The van der Waals surface area contributed by atoms with Crippen molar-refractivity contribution >= 4 is 13.7 Å². The van der Waals surface area contributed by atoms with Gasteiger partial charge in [0.25, 0.3) is 0 Å². The minimum atomic E-state index is -4.53. The molecule has 0 aromatic heterocycles. The molecule has 0 aliphatic rings. The van der Waals surface area contributed by atoms with E-state index in [-0.39, 0.29) is 25.0 Å². The van der Waals surface area contributed by atoms with Crippen LogP contribution in [0.25, 0.3) is 0 Å². The SMILES string of the molecule is CCCCCCCCCCCCCCCCCC(=O)NC(CCOP(=O)(O)O)CC(C)(C)O. The number of hydrogen-bond donors (Lipinski definition) is 4. The van der Waals surface area contributed by atoms with E-state index in [0.717, 1.165) is 19.3 Å². The molecule has 0 saturated carbocycles. The van der Waals surface area contributed by atoms with Gasteiger partial charge in [-0.15, -0.1) is 0 Å². The van der Waals surface area contributed by atoms with Gasteiger partial charge in [0.15, 0.2) is 0 Å². The van der Waals surface area contributed by atoms with Crippen molar-refractivity contribution < 1.29 is 28.8 Å². The fraction of sp³-hybridized carbons (Fsp3) is 0.960. The standard InChI is InChI=1S/C25H52NO6P/c1-4-5-6-7-8-9-10-11-12-13-14-15-16-17-18-19-24(27)26-23(22-25(2,3)28)20-21-32-33(29,30)31/h23,28H,4-22H2,1-3H3,(H,26,27)(H2,29,30,31). The van der Waals surface area contributed by atoms with E-state index in [9.17, 15) is 14.5 Å². The largest absolute Gasteiger partial charge is 0.469 e. The Morgan fingerprint density at radius 1 is 0.848 bits per heavy atom. The van der Waals surface area contributed by atoms with Gasteiger partial charge in [-0.2, -0.15) is 0 Å². The second kappa shape index (κ2) is 19.8. The summed E-state index contributed by atoms with van der Waals surface area (Å²) in [5, 5.41) is 12.9. The quantitative estimate of drug-likeness (QED) is 0.0967. The Bertz CT molecular complexity index is 518. The van der Waals surface area contributed by atoms with Crippen molar-refractivity contribution in [1.82, 2.24) is 5.32 Å². The average molecular weight is 494 g/mol. The van der Waals surface area contributed by atoms with E-state index in [1.54, 1.807) is 13.8 Å². The summed E-state index contributed by atoms with van der Waals surface area (Å²) in [4.78, 5) is 29.8. The number of carbonyl (C=O) groups excluding carboxylic acids is 1. The molecule has 4 N–H and O–H groups in total. The van der Waals surface area contributed by atoms with Crippen molar-refractivity contribution in [2.45, 2.75) is 148 Å². The molecule has 8 heteroatoms. The Labute approximate surface area is 202 Å². The summed E-state index contributed by atoms with van der Waals surface area (Å²) in [6, 6.07) is -0.389. The van der Waals surface area contributed by atoms with E-state index in [4.69, 9.17) is 9.79 Å². The fourth-order valence-electron chi connectivity index (χ4n) is 4.10. The number of carbonyl (C=O) groups is 1. The van der Waals surface area contributed by atoms with Crippen LogP contribution in [0.3, 0.4) is 0 Å². The normalized spacial score (nSPS) is 13.3. The van der Waals surface area contributed by atoms with Gasteiger partial charge in [-0.25, -0.2) is 4.57 Å². The van der Waals surface area contributed by atoms with Crippen molar-refractivity contribution in [2.75, 3.05) is 6.61 Å². The number of nitrogens with one attached hydrogen (secondary N) is 1. The van der Waals surface area contributed by atoms with Crippen molar-refractivity contribution in [2.24, 2.45) is 0 Å². The summed E-state index contributed by atoms with van der Waals surface area (Å²) >= 11 is 0. The highest BCUT2D eigenvalue weighted by atomic mass is 31.2. The Kier molecular flexibility index (Phi) is 19.5. The molecule has 1 amide bonds. The summed E-state index contributed by atoms with van der Waals surface area (Å²) in [7, 11) is -4.53. The summed E-state index contributed by atoms with van der Waals surface area (Å²) in [5.74, 6) is -0.0878. The van der Waals surface area contributed by atoms with Gasteiger partial charge >= 0.3 is 7.82 Å². The molecule has 1 unspecified atom stereocenters. The number of hydrogen-bond acceptors (Lipinski definition) is 4. The fourth-order valence-corrected chi connectivity index (χ4v) is 4.44. The number of aliphatic hydroxyl groups is 1. The molecule has 33 heavy (non-hydrogen) atoms. The maximum atomic E-state index is 12.2. The van der Waals surface area contributed by atoms with Crippen LogP contribution in [0, 0.1) is 0 Å². The zero-order valence-electron chi connectivity index (χ0n) is 21.5.